The number of hydrogen-bond acceptors (Lipinski definition) is 3. The Morgan fingerprint density at radius 3 is 2.58 bits per heavy atom. The number of rotatable bonds is 2. The van der Waals surface area contributed by atoms with Crippen LogP contribution in [0.3, 0.4) is 0 Å². The van der Waals surface area contributed by atoms with Crippen LogP contribution < -0.4 is 5.56 Å². The highest BCUT2D eigenvalue weighted by Crippen LogP contribution is 2.31. The third-order valence-electron chi connectivity index (χ3n) is 4.99. The van der Waals surface area contributed by atoms with E-state index in [2.05, 4.69) is 9.97 Å². The summed E-state index contributed by atoms with van der Waals surface area (Å²) < 4.78 is 39.0. The standard InChI is InChI=1S/C21H14Cl2F3N3O2/c22-15-5-4-12(9-16(15)23)20(31)29-7-6-17-14(10-29)19(30)28-18(27-17)11-2-1-3-13(8-11)21(24,25)26/h1-5,8-9H,6-7,10H2,(H,27,28,30). The Balaban J connectivity index is 1.63. The van der Waals surface area contributed by atoms with Crippen LogP contribution in [0.1, 0.15) is 27.2 Å². The first-order valence-corrected chi connectivity index (χ1v) is 9.93. The molecule has 31 heavy (non-hydrogen) atoms. The van der Waals surface area contributed by atoms with Crippen LogP contribution in [0.15, 0.2) is 47.3 Å². The molecule has 3 aromatic rings. The highest BCUT2D eigenvalue weighted by atomic mass is 35.5. The number of carbonyl (C=O) groups is 1. The van der Waals surface area contributed by atoms with Gasteiger partial charge in [-0.1, -0.05) is 35.3 Å². The molecule has 1 aromatic heterocycles. The molecule has 0 fully saturated rings. The van der Waals surface area contributed by atoms with E-state index in [0.717, 1.165) is 12.1 Å². The Kier molecular flexibility index (Phi) is 5.53. The van der Waals surface area contributed by atoms with Crippen LogP contribution in [-0.4, -0.2) is 27.3 Å². The summed E-state index contributed by atoms with van der Waals surface area (Å²) in [6.07, 6.45) is -4.21. The first-order chi connectivity index (χ1) is 14.6. The molecule has 0 spiro atoms. The number of fused-ring (bicyclic) bond motifs is 1. The summed E-state index contributed by atoms with van der Waals surface area (Å²) in [4.78, 5) is 33.8. The second kappa shape index (κ2) is 8.01. The summed E-state index contributed by atoms with van der Waals surface area (Å²) in [5.41, 5.74) is -0.0792. The van der Waals surface area contributed by atoms with Crippen LogP contribution >= 0.6 is 23.2 Å². The van der Waals surface area contributed by atoms with Crippen molar-refractivity contribution in [3.05, 3.63) is 85.2 Å². The molecule has 1 N–H and O–H groups in total. The van der Waals surface area contributed by atoms with Gasteiger partial charge in [0.25, 0.3) is 11.5 Å². The van der Waals surface area contributed by atoms with Crippen LogP contribution in [0.25, 0.3) is 11.4 Å². The molecule has 0 unspecified atom stereocenters. The minimum atomic E-state index is -4.50. The number of alkyl halides is 3. The second-order valence-corrected chi connectivity index (χ2v) is 7.84. The Hall–Kier alpha value is -2.84. The zero-order chi connectivity index (χ0) is 22.3. The lowest BCUT2D eigenvalue weighted by atomic mass is 10.0. The highest BCUT2D eigenvalue weighted by molar-refractivity contribution is 6.42. The number of nitrogens with zero attached hydrogens (tertiary/aromatic N) is 2. The Bertz CT molecular complexity index is 1240. The highest BCUT2D eigenvalue weighted by Gasteiger charge is 2.31. The maximum Gasteiger partial charge on any atom is 0.416 e. The molecule has 0 saturated carbocycles. The van der Waals surface area contributed by atoms with Crippen molar-refractivity contribution in [1.82, 2.24) is 14.9 Å². The molecule has 10 heteroatoms. The van der Waals surface area contributed by atoms with Crippen LogP contribution in [-0.2, 0) is 19.1 Å². The molecular weight excluding hydrogens is 454 g/mol. The minimum Gasteiger partial charge on any atom is -0.334 e. The fourth-order valence-electron chi connectivity index (χ4n) is 3.39. The van der Waals surface area contributed by atoms with Gasteiger partial charge in [0.1, 0.15) is 5.82 Å². The van der Waals surface area contributed by atoms with Gasteiger partial charge in [0, 0.05) is 24.1 Å². The van der Waals surface area contributed by atoms with E-state index in [1.54, 1.807) is 6.07 Å². The predicted molar refractivity (Wildman–Crippen MR) is 110 cm³/mol. The third-order valence-corrected chi connectivity index (χ3v) is 5.72. The second-order valence-electron chi connectivity index (χ2n) is 7.02. The molecular formula is C21H14Cl2F3N3O2. The first-order valence-electron chi connectivity index (χ1n) is 9.17. The number of aromatic nitrogens is 2. The fourth-order valence-corrected chi connectivity index (χ4v) is 3.69. The molecule has 2 heterocycles. The molecule has 2 aromatic carbocycles. The Morgan fingerprint density at radius 2 is 1.87 bits per heavy atom. The van der Waals surface area contributed by atoms with Crippen molar-refractivity contribution < 1.29 is 18.0 Å². The van der Waals surface area contributed by atoms with Crippen LogP contribution in [0, 0.1) is 0 Å². The molecule has 0 atom stereocenters. The van der Waals surface area contributed by atoms with Crippen molar-refractivity contribution in [2.75, 3.05) is 6.54 Å². The van der Waals surface area contributed by atoms with Gasteiger partial charge in [-0.2, -0.15) is 13.2 Å². The normalized spacial score (nSPS) is 13.8. The van der Waals surface area contributed by atoms with Gasteiger partial charge in [-0.3, -0.25) is 9.59 Å². The lowest BCUT2D eigenvalue weighted by Crippen LogP contribution is -2.39. The molecule has 5 nitrogen and oxygen atoms in total. The number of nitrogens with one attached hydrogen (secondary N) is 1. The van der Waals surface area contributed by atoms with Gasteiger partial charge >= 0.3 is 6.18 Å². The number of benzene rings is 2. The quantitative estimate of drug-likeness (QED) is 0.578. The lowest BCUT2D eigenvalue weighted by Gasteiger charge is -2.28. The molecule has 1 aliphatic heterocycles. The number of H-pyrrole nitrogens is 1. The van der Waals surface area contributed by atoms with E-state index >= 15 is 0 Å². The van der Waals surface area contributed by atoms with Gasteiger partial charge in [0.05, 0.1) is 33.4 Å². The van der Waals surface area contributed by atoms with Crippen molar-refractivity contribution in [3.63, 3.8) is 0 Å². The van der Waals surface area contributed by atoms with E-state index in [9.17, 15) is 22.8 Å². The molecule has 0 aliphatic carbocycles. The molecule has 0 bridgehead atoms. The topological polar surface area (TPSA) is 66.1 Å². The molecule has 4 rings (SSSR count). The van der Waals surface area contributed by atoms with Gasteiger partial charge in [0.2, 0.25) is 0 Å². The maximum absolute atomic E-state index is 13.0. The monoisotopic (exact) mass is 467 g/mol. The number of aromatic amines is 1. The van der Waals surface area contributed by atoms with Gasteiger partial charge in [-0.05, 0) is 30.3 Å². The predicted octanol–water partition coefficient (Wildman–Crippen LogP) is 4.96. The van der Waals surface area contributed by atoms with Crippen molar-refractivity contribution in [2.45, 2.75) is 19.1 Å². The van der Waals surface area contributed by atoms with Gasteiger partial charge in [-0.15, -0.1) is 0 Å². The summed E-state index contributed by atoms with van der Waals surface area (Å²) in [6.45, 7) is 0.324. The van der Waals surface area contributed by atoms with E-state index in [4.69, 9.17) is 23.2 Å². The number of halogens is 5. The average molecular weight is 468 g/mol. The van der Waals surface area contributed by atoms with Crippen LogP contribution in [0.2, 0.25) is 10.0 Å². The van der Waals surface area contributed by atoms with E-state index in [0.29, 0.717) is 28.4 Å². The number of hydrogen-bond donors (Lipinski definition) is 1. The van der Waals surface area contributed by atoms with Crippen molar-refractivity contribution in [3.8, 4) is 11.4 Å². The molecule has 160 valence electrons. The number of carbonyl (C=O) groups excluding carboxylic acids is 1. The van der Waals surface area contributed by atoms with Crippen molar-refractivity contribution in [2.24, 2.45) is 0 Å². The zero-order valence-corrected chi connectivity index (χ0v) is 17.3. The zero-order valence-electron chi connectivity index (χ0n) is 15.8. The van der Waals surface area contributed by atoms with Crippen LogP contribution in [0.5, 0.6) is 0 Å². The summed E-state index contributed by atoms with van der Waals surface area (Å²) in [6, 6.07) is 9.12. The molecule has 1 aliphatic rings. The van der Waals surface area contributed by atoms with E-state index in [1.807, 2.05) is 0 Å². The van der Waals surface area contributed by atoms with Gasteiger partial charge in [0.15, 0.2) is 0 Å². The van der Waals surface area contributed by atoms with Crippen molar-refractivity contribution >= 4 is 29.1 Å². The maximum atomic E-state index is 13.0. The fraction of sp³-hybridized carbons (Fsp3) is 0.190. The smallest absolute Gasteiger partial charge is 0.334 e. The summed E-state index contributed by atoms with van der Waals surface area (Å²) in [5.74, 6) is -0.260. The minimum absolute atomic E-state index is 0.0274. The third kappa shape index (κ3) is 4.31. The summed E-state index contributed by atoms with van der Waals surface area (Å²) in [7, 11) is 0. The largest absolute Gasteiger partial charge is 0.416 e. The average Bonchev–Trinajstić information content (AvgIpc) is 2.74. The Morgan fingerprint density at radius 1 is 1.10 bits per heavy atom. The van der Waals surface area contributed by atoms with Gasteiger partial charge < -0.3 is 9.88 Å². The first kappa shape index (κ1) is 21.4. The van der Waals surface area contributed by atoms with Crippen LogP contribution in [0.4, 0.5) is 13.2 Å². The number of amides is 1. The Labute approximate surface area is 184 Å². The lowest BCUT2D eigenvalue weighted by molar-refractivity contribution is -0.137. The van der Waals surface area contributed by atoms with Gasteiger partial charge in [-0.25, -0.2) is 4.98 Å². The molecule has 1 amide bonds. The van der Waals surface area contributed by atoms with Crippen molar-refractivity contribution in [1.29, 1.82) is 0 Å². The van der Waals surface area contributed by atoms with E-state index in [-0.39, 0.29) is 35.3 Å². The SMILES string of the molecule is O=C(c1ccc(Cl)c(Cl)c1)N1CCc2nc(-c3cccc(C(F)(F)F)c3)[nH]c(=O)c2C1. The summed E-state index contributed by atoms with van der Waals surface area (Å²) >= 11 is 11.9. The molecule has 0 radical (unpaired) electrons. The van der Waals surface area contributed by atoms with E-state index < -0.39 is 17.3 Å². The molecule has 0 saturated heterocycles. The van der Waals surface area contributed by atoms with E-state index in [1.165, 1.54) is 29.2 Å². The summed E-state index contributed by atoms with van der Waals surface area (Å²) in [5, 5.41) is 0.570.